The number of halogens is 4. The third-order valence-corrected chi connectivity index (χ3v) is 3.93. The molecule has 0 fully saturated rings. The lowest BCUT2D eigenvalue weighted by molar-refractivity contribution is 0.470. The van der Waals surface area contributed by atoms with Gasteiger partial charge in [0.2, 0.25) is 0 Å². The van der Waals surface area contributed by atoms with E-state index >= 15 is 0 Å². The molecule has 0 aliphatic heterocycles. The third-order valence-electron chi connectivity index (χ3n) is 3.35. The Labute approximate surface area is 132 Å². The van der Waals surface area contributed by atoms with Crippen molar-refractivity contribution in [2.24, 2.45) is 0 Å². The topological polar surface area (TPSA) is 12.0 Å². The minimum atomic E-state index is -0.464. The first-order valence-electron chi connectivity index (χ1n) is 6.54. The largest absolute Gasteiger partial charge is 0.303 e. The smallest absolute Gasteiger partial charge is 0.128 e. The number of nitrogens with one attached hydrogen (secondary N) is 1. The van der Waals surface area contributed by atoms with Crippen LogP contribution in [0, 0.1) is 11.6 Å². The Kier molecular flexibility index (Phi) is 5.20. The predicted molar refractivity (Wildman–Crippen MR) is 82.8 cm³/mol. The highest BCUT2D eigenvalue weighted by Crippen LogP contribution is 2.28. The van der Waals surface area contributed by atoms with Crippen LogP contribution >= 0.6 is 23.2 Å². The summed E-state index contributed by atoms with van der Waals surface area (Å²) in [4.78, 5) is 0. The molecule has 2 aromatic carbocycles. The van der Waals surface area contributed by atoms with Gasteiger partial charge in [-0.05, 0) is 55.8 Å². The molecule has 0 aromatic heterocycles. The molecule has 112 valence electrons. The van der Waals surface area contributed by atoms with Crippen molar-refractivity contribution in [3.05, 3.63) is 69.2 Å². The summed E-state index contributed by atoms with van der Waals surface area (Å²) in [5.74, 6) is -0.908. The molecule has 21 heavy (non-hydrogen) atoms. The highest BCUT2D eigenvalue weighted by atomic mass is 35.5. The van der Waals surface area contributed by atoms with Crippen LogP contribution in [0.15, 0.2) is 36.4 Å². The Bertz CT molecular complexity index is 591. The van der Waals surface area contributed by atoms with Crippen molar-refractivity contribution in [1.82, 2.24) is 5.32 Å². The molecule has 0 amide bonds. The molecular weight excluding hydrogens is 315 g/mol. The molecule has 0 heterocycles. The van der Waals surface area contributed by atoms with Gasteiger partial charge in [-0.2, -0.15) is 0 Å². The Morgan fingerprint density at radius 3 is 2.29 bits per heavy atom. The zero-order chi connectivity index (χ0) is 15.6. The third kappa shape index (κ3) is 3.94. The van der Waals surface area contributed by atoms with Gasteiger partial charge in [-0.25, -0.2) is 8.78 Å². The van der Waals surface area contributed by atoms with E-state index in [0.717, 1.165) is 17.7 Å². The fourth-order valence-electron chi connectivity index (χ4n) is 2.25. The van der Waals surface area contributed by atoms with Crippen LogP contribution in [0.3, 0.4) is 0 Å². The summed E-state index contributed by atoms with van der Waals surface area (Å²) in [5, 5.41) is 4.35. The van der Waals surface area contributed by atoms with Crippen LogP contribution in [0.2, 0.25) is 10.0 Å². The summed E-state index contributed by atoms with van der Waals surface area (Å²) in [5.41, 5.74) is 1.09. The van der Waals surface area contributed by atoms with Crippen molar-refractivity contribution in [3.63, 3.8) is 0 Å². The van der Waals surface area contributed by atoms with Crippen molar-refractivity contribution < 1.29 is 8.78 Å². The quantitative estimate of drug-likeness (QED) is 0.760. The molecular formula is C16H15Cl2F2N. The van der Waals surface area contributed by atoms with Gasteiger partial charge in [-0.1, -0.05) is 23.2 Å². The van der Waals surface area contributed by atoms with Gasteiger partial charge in [0.05, 0.1) is 0 Å². The SMILES string of the molecule is CC(NC(C)c1cc(Cl)ccc1Cl)c1cc(F)ccc1F. The fourth-order valence-corrected chi connectivity index (χ4v) is 2.71. The number of rotatable bonds is 4. The lowest BCUT2D eigenvalue weighted by Crippen LogP contribution is -2.23. The number of hydrogen-bond donors (Lipinski definition) is 1. The van der Waals surface area contributed by atoms with E-state index in [1.807, 2.05) is 6.92 Å². The van der Waals surface area contributed by atoms with Gasteiger partial charge in [-0.3, -0.25) is 0 Å². The lowest BCUT2D eigenvalue weighted by atomic mass is 10.0. The summed E-state index contributed by atoms with van der Waals surface area (Å²) in [6.45, 7) is 3.66. The van der Waals surface area contributed by atoms with Crippen LogP contribution in [-0.2, 0) is 0 Å². The molecule has 0 aliphatic carbocycles. The molecule has 2 rings (SSSR count). The van der Waals surface area contributed by atoms with E-state index in [1.54, 1.807) is 25.1 Å². The van der Waals surface area contributed by atoms with Gasteiger partial charge in [0.15, 0.2) is 0 Å². The average Bonchev–Trinajstić information content (AvgIpc) is 2.43. The number of hydrogen-bond acceptors (Lipinski definition) is 1. The first-order valence-corrected chi connectivity index (χ1v) is 7.30. The van der Waals surface area contributed by atoms with E-state index in [0.29, 0.717) is 10.0 Å². The van der Waals surface area contributed by atoms with Crippen molar-refractivity contribution in [1.29, 1.82) is 0 Å². The van der Waals surface area contributed by atoms with E-state index in [1.165, 1.54) is 6.07 Å². The number of benzene rings is 2. The molecule has 1 nitrogen and oxygen atoms in total. The molecule has 0 spiro atoms. The summed E-state index contributed by atoms with van der Waals surface area (Å²) in [6.07, 6.45) is 0. The molecule has 0 bridgehead atoms. The normalized spacial score (nSPS) is 14.0. The second kappa shape index (κ2) is 6.73. The minimum Gasteiger partial charge on any atom is -0.303 e. The van der Waals surface area contributed by atoms with Crippen LogP contribution in [0.25, 0.3) is 0 Å². The maximum atomic E-state index is 13.8. The van der Waals surface area contributed by atoms with Gasteiger partial charge in [0.1, 0.15) is 11.6 Å². The highest BCUT2D eigenvalue weighted by molar-refractivity contribution is 6.33. The molecule has 2 aromatic rings. The molecule has 2 unspecified atom stereocenters. The van der Waals surface area contributed by atoms with Crippen LogP contribution in [0.5, 0.6) is 0 Å². The van der Waals surface area contributed by atoms with E-state index in [2.05, 4.69) is 5.32 Å². The summed E-state index contributed by atoms with van der Waals surface area (Å²) in [7, 11) is 0. The van der Waals surface area contributed by atoms with E-state index in [4.69, 9.17) is 23.2 Å². The van der Waals surface area contributed by atoms with Gasteiger partial charge >= 0.3 is 0 Å². The zero-order valence-electron chi connectivity index (χ0n) is 11.6. The maximum Gasteiger partial charge on any atom is 0.128 e. The molecule has 2 atom stereocenters. The van der Waals surface area contributed by atoms with E-state index < -0.39 is 11.6 Å². The Hall–Kier alpha value is -1.16. The monoisotopic (exact) mass is 329 g/mol. The van der Waals surface area contributed by atoms with Crippen LogP contribution in [-0.4, -0.2) is 0 Å². The van der Waals surface area contributed by atoms with Gasteiger partial charge < -0.3 is 5.32 Å². The van der Waals surface area contributed by atoms with Gasteiger partial charge in [0, 0.05) is 27.7 Å². The van der Waals surface area contributed by atoms with Crippen molar-refractivity contribution in [2.75, 3.05) is 0 Å². The average molecular weight is 330 g/mol. The highest BCUT2D eigenvalue weighted by Gasteiger charge is 2.17. The molecule has 0 saturated heterocycles. The molecule has 0 radical (unpaired) electrons. The van der Waals surface area contributed by atoms with Crippen molar-refractivity contribution in [3.8, 4) is 0 Å². The molecule has 1 N–H and O–H groups in total. The first-order chi connectivity index (χ1) is 9.88. The Morgan fingerprint density at radius 1 is 0.905 bits per heavy atom. The Morgan fingerprint density at radius 2 is 1.57 bits per heavy atom. The lowest BCUT2D eigenvalue weighted by Gasteiger charge is -2.22. The van der Waals surface area contributed by atoms with Crippen LogP contribution in [0.1, 0.15) is 37.1 Å². The summed E-state index contributed by atoms with van der Waals surface area (Å²) >= 11 is 12.1. The second-order valence-electron chi connectivity index (χ2n) is 4.94. The van der Waals surface area contributed by atoms with Crippen molar-refractivity contribution >= 4 is 23.2 Å². The van der Waals surface area contributed by atoms with Gasteiger partial charge in [-0.15, -0.1) is 0 Å². The van der Waals surface area contributed by atoms with Crippen molar-refractivity contribution in [2.45, 2.75) is 25.9 Å². The van der Waals surface area contributed by atoms with E-state index in [9.17, 15) is 8.78 Å². The zero-order valence-corrected chi connectivity index (χ0v) is 13.1. The van der Waals surface area contributed by atoms with Gasteiger partial charge in [0.25, 0.3) is 0 Å². The van der Waals surface area contributed by atoms with Crippen LogP contribution in [0.4, 0.5) is 8.78 Å². The maximum absolute atomic E-state index is 13.8. The molecule has 0 aliphatic rings. The van der Waals surface area contributed by atoms with Crippen LogP contribution < -0.4 is 5.32 Å². The second-order valence-corrected chi connectivity index (χ2v) is 5.79. The summed E-state index contributed by atoms with van der Waals surface area (Å²) < 4.78 is 27.0. The minimum absolute atomic E-state index is 0.158. The fraction of sp³-hybridized carbons (Fsp3) is 0.250. The van der Waals surface area contributed by atoms with E-state index in [-0.39, 0.29) is 17.6 Å². The molecule has 0 saturated carbocycles. The molecule has 5 heteroatoms. The first kappa shape index (κ1) is 16.2. The standard InChI is InChI=1S/C16H15Cl2F2N/c1-9(13-7-11(17)3-5-15(13)18)21-10(2)14-8-12(19)4-6-16(14)20/h3-10,21H,1-2H3. The summed E-state index contributed by atoms with van der Waals surface area (Å²) in [6, 6.07) is 8.07. The predicted octanol–water partition coefficient (Wildman–Crippen LogP) is 5.68. The Balaban J connectivity index is 2.20.